The molecule has 0 aliphatic carbocycles. The fourth-order valence-electron chi connectivity index (χ4n) is 3.42. The lowest BCUT2D eigenvalue weighted by molar-refractivity contribution is -0.128. The number of unbranched alkanes of at least 4 members (excludes halogenated alkanes) is 2. The van der Waals surface area contributed by atoms with E-state index in [-0.39, 0.29) is 18.8 Å². The van der Waals surface area contributed by atoms with Gasteiger partial charge in [0, 0.05) is 17.5 Å². The van der Waals surface area contributed by atoms with Gasteiger partial charge in [-0.2, -0.15) is 0 Å². The quantitative estimate of drug-likeness (QED) is 0.102. The molecule has 4 N–H and O–H groups in total. The van der Waals surface area contributed by atoms with Crippen LogP contribution in [0.5, 0.6) is 11.5 Å². The molecule has 3 aromatic rings. The zero-order valence-corrected chi connectivity index (χ0v) is 21.8. The smallest absolute Gasteiger partial charge is 0.338 e. The van der Waals surface area contributed by atoms with Crippen molar-refractivity contribution in [3.63, 3.8) is 0 Å². The molecule has 0 amide bonds. The Hall–Kier alpha value is -4.79. The van der Waals surface area contributed by atoms with Crippen molar-refractivity contribution in [1.29, 1.82) is 0 Å². The van der Waals surface area contributed by atoms with Crippen LogP contribution in [-0.4, -0.2) is 37.7 Å². The Kier molecular flexibility index (Phi) is 10.9. The number of anilines is 2. The van der Waals surface area contributed by atoms with E-state index >= 15 is 0 Å². The number of carbonyl (C=O) groups excluding carboxylic acids is 3. The Morgan fingerprint density at radius 3 is 1.92 bits per heavy atom. The van der Waals surface area contributed by atoms with Crippen LogP contribution in [0, 0.1) is 0 Å². The van der Waals surface area contributed by atoms with Gasteiger partial charge in [0.15, 0.2) is 0 Å². The minimum Gasteiger partial charge on any atom is -0.494 e. The molecule has 3 aromatic carbocycles. The molecular weight excluding hydrogens is 500 g/mol. The van der Waals surface area contributed by atoms with E-state index in [0.717, 1.165) is 25.0 Å². The topological polar surface area (TPSA) is 140 Å². The van der Waals surface area contributed by atoms with Gasteiger partial charge in [-0.05, 0) is 72.7 Å². The second-order valence-electron chi connectivity index (χ2n) is 8.56. The van der Waals surface area contributed by atoms with Gasteiger partial charge in [-0.25, -0.2) is 14.4 Å². The zero-order valence-electron chi connectivity index (χ0n) is 21.8. The highest BCUT2D eigenvalue weighted by Gasteiger charge is 2.11. The van der Waals surface area contributed by atoms with Crippen molar-refractivity contribution in [2.45, 2.75) is 26.2 Å². The van der Waals surface area contributed by atoms with Crippen molar-refractivity contribution < 1.29 is 33.3 Å². The van der Waals surface area contributed by atoms with Crippen LogP contribution >= 0.6 is 0 Å². The standard InChI is InChI=1S/C30H32N2O7/c1-2-3-4-15-36-26-10-12-27(13-11-26)39-28(33)14-7-21-5-8-22(9-6-21)29(34)37-16-17-38-30(35)23-18-24(31)20-25(32)19-23/h5-14,18-20H,2-4,15-17,31-32H2,1H3. The van der Waals surface area contributed by atoms with Crippen molar-refractivity contribution in [2.24, 2.45) is 0 Å². The number of esters is 3. The molecule has 0 heterocycles. The van der Waals surface area contributed by atoms with E-state index in [9.17, 15) is 14.4 Å². The molecule has 0 fully saturated rings. The molecule has 3 rings (SSSR count). The largest absolute Gasteiger partial charge is 0.494 e. The SMILES string of the molecule is CCCCCOc1ccc(OC(=O)C=Cc2ccc(C(=O)OCCOC(=O)c3cc(N)cc(N)c3)cc2)cc1. The van der Waals surface area contributed by atoms with E-state index in [0.29, 0.717) is 34.9 Å². The molecule has 39 heavy (non-hydrogen) atoms. The van der Waals surface area contributed by atoms with Gasteiger partial charge in [-0.3, -0.25) is 0 Å². The summed E-state index contributed by atoms with van der Waals surface area (Å²) in [6.07, 6.45) is 6.12. The number of nitrogen functional groups attached to an aromatic ring is 2. The molecule has 9 nitrogen and oxygen atoms in total. The third-order valence-electron chi connectivity index (χ3n) is 5.38. The number of hydrogen-bond acceptors (Lipinski definition) is 9. The minimum atomic E-state index is -0.622. The summed E-state index contributed by atoms with van der Waals surface area (Å²) in [5.41, 5.74) is 13.2. The molecule has 0 saturated carbocycles. The van der Waals surface area contributed by atoms with E-state index in [1.165, 1.54) is 24.3 Å². The minimum absolute atomic E-state index is 0.123. The highest BCUT2D eigenvalue weighted by Crippen LogP contribution is 2.19. The van der Waals surface area contributed by atoms with Crippen molar-refractivity contribution >= 4 is 35.4 Å². The molecule has 0 aromatic heterocycles. The predicted octanol–water partition coefficient (Wildman–Crippen LogP) is 5.05. The van der Waals surface area contributed by atoms with Crippen LogP contribution < -0.4 is 20.9 Å². The average Bonchev–Trinajstić information content (AvgIpc) is 2.92. The molecular formula is C30H32N2O7. The molecule has 0 spiro atoms. The summed E-state index contributed by atoms with van der Waals surface area (Å²) < 4.78 is 21.2. The van der Waals surface area contributed by atoms with Gasteiger partial charge in [0.05, 0.1) is 17.7 Å². The molecule has 0 radical (unpaired) electrons. The third kappa shape index (κ3) is 9.88. The number of benzene rings is 3. The summed E-state index contributed by atoms with van der Waals surface area (Å²) in [4.78, 5) is 36.5. The van der Waals surface area contributed by atoms with Crippen molar-refractivity contribution in [1.82, 2.24) is 0 Å². The zero-order chi connectivity index (χ0) is 28.0. The van der Waals surface area contributed by atoms with E-state index in [1.54, 1.807) is 54.6 Å². The number of nitrogens with two attached hydrogens (primary N) is 2. The molecule has 0 unspecified atom stereocenters. The summed E-state index contributed by atoms with van der Waals surface area (Å²) in [6.45, 7) is 2.54. The fraction of sp³-hybridized carbons (Fsp3) is 0.233. The summed E-state index contributed by atoms with van der Waals surface area (Å²) in [7, 11) is 0. The predicted molar refractivity (Wildman–Crippen MR) is 148 cm³/mol. The maximum atomic E-state index is 12.2. The van der Waals surface area contributed by atoms with Crippen LogP contribution in [0.3, 0.4) is 0 Å². The molecule has 0 aliphatic rings. The van der Waals surface area contributed by atoms with Gasteiger partial charge < -0.3 is 30.4 Å². The van der Waals surface area contributed by atoms with Crippen molar-refractivity contribution in [3.8, 4) is 11.5 Å². The normalized spacial score (nSPS) is 10.7. The molecule has 204 valence electrons. The first kappa shape index (κ1) is 28.8. The van der Waals surface area contributed by atoms with Gasteiger partial charge in [-0.15, -0.1) is 0 Å². The maximum absolute atomic E-state index is 12.2. The van der Waals surface area contributed by atoms with E-state index in [4.69, 9.17) is 30.4 Å². The Balaban J connectivity index is 1.39. The lowest BCUT2D eigenvalue weighted by Gasteiger charge is -2.08. The Bertz CT molecular complexity index is 1270. The monoisotopic (exact) mass is 532 g/mol. The fourth-order valence-corrected chi connectivity index (χ4v) is 3.42. The lowest BCUT2D eigenvalue weighted by atomic mass is 10.1. The molecule has 0 aliphatic heterocycles. The van der Waals surface area contributed by atoms with Crippen molar-refractivity contribution in [3.05, 3.63) is 89.5 Å². The second-order valence-corrected chi connectivity index (χ2v) is 8.56. The van der Waals surface area contributed by atoms with Crippen LogP contribution in [0.15, 0.2) is 72.8 Å². The van der Waals surface area contributed by atoms with Gasteiger partial charge in [0.2, 0.25) is 0 Å². The first-order chi connectivity index (χ1) is 18.8. The highest BCUT2D eigenvalue weighted by atomic mass is 16.6. The summed E-state index contributed by atoms with van der Waals surface area (Å²) in [5, 5.41) is 0. The van der Waals surface area contributed by atoms with Gasteiger partial charge in [-0.1, -0.05) is 31.9 Å². The van der Waals surface area contributed by atoms with E-state index < -0.39 is 17.9 Å². The first-order valence-electron chi connectivity index (χ1n) is 12.6. The summed E-state index contributed by atoms with van der Waals surface area (Å²) >= 11 is 0. The van der Waals surface area contributed by atoms with Crippen LogP contribution in [0.4, 0.5) is 11.4 Å². The molecule has 9 heteroatoms. The average molecular weight is 533 g/mol. The first-order valence-corrected chi connectivity index (χ1v) is 12.6. The summed E-state index contributed by atoms with van der Waals surface area (Å²) in [5.74, 6) is -0.600. The van der Waals surface area contributed by atoms with Crippen LogP contribution in [0.25, 0.3) is 6.08 Å². The number of rotatable bonds is 13. The number of ether oxygens (including phenoxy) is 4. The van der Waals surface area contributed by atoms with Crippen LogP contribution in [-0.2, 0) is 14.3 Å². The Morgan fingerprint density at radius 1 is 0.718 bits per heavy atom. The van der Waals surface area contributed by atoms with Crippen LogP contribution in [0.2, 0.25) is 0 Å². The third-order valence-corrected chi connectivity index (χ3v) is 5.38. The second kappa shape index (κ2) is 14.8. The molecule has 0 bridgehead atoms. The highest BCUT2D eigenvalue weighted by molar-refractivity contribution is 5.92. The summed E-state index contributed by atoms with van der Waals surface area (Å²) in [6, 6.07) is 17.7. The van der Waals surface area contributed by atoms with Gasteiger partial charge >= 0.3 is 17.9 Å². The van der Waals surface area contributed by atoms with Crippen LogP contribution in [0.1, 0.15) is 52.5 Å². The lowest BCUT2D eigenvalue weighted by Crippen LogP contribution is -2.14. The number of hydrogen-bond donors (Lipinski definition) is 2. The van der Waals surface area contributed by atoms with Gasteiger partial charge in [0.25, 0.3) is 0 Å². The number of carbonyl (C=O) groups is 3. The van der Waals surface area contributed by atoms with Gasteiger partial charge in [0.1, 0.15) is 24.7 Å². The maximum Gasteiger partial charge on any atom is 0.338 e. The van der Waals surface area contributed by atoms with E-state index in [2.05, 4.69) is 6.92 Å². The Morgan fingerprint density at radius 2 is 1.31 bits per heavy atom. The Labute approximate surface area is 227 Å². The molecule has 0 saturated heterocycles. The van der Waals surface area contributed by atoms with E-state index in [1.807, 2.05) is 0 Å². The molecule has 0 atom stereocenters. The van der Waals surface area contributed by atoms with Crippen molar-refractivity contribution in [2.75, 3.05) is 31.3 Å².